The van der Waals surface area contributed by atoms with Crippen LogP contribution in [0.2, 0.25) is 5.02 Å². The van der Waals surface area contributed by atoms with E-state index >= 15 is 0 Å². The van der Waals surface area contributed by atoms with Crippen LogP contribution in [0.3, 0.4) is 0 Å². The molecule has 0 radical (unpaired) electrons. The summed E-state index contributed by atoms with van der Waals surface area (Å²) in [6, 6.07) is 14.3. The van der Waals surface area contributed by atoms with Gasteiger partial charge in [-0.1, -0.05) is 29.8 Å². The molecule has 32 heavy (non-hydrogen) atoms. The van der Waals surface area contributed by atoms with Gasteiger partial charge in [0.05, 0.1) is 25.0 Å². The van der Waals surface area contributed by atoms with Crippen molar-refractivity contribution in [1.29, 1.82) is 0 Å². The lowest BCUT2D eigenvalue weighted by molar-refractivity contribution is 0.0697. The molecular weight excluding hydrogens is 437 g/mol. The van der Waals surface area contributed by atoms with Gasteiger partial charge in [-0.3, -0.25) is 0 Å². The van der Waals surface area contributed by atoms with Crippen molar-refractivity contribution < 1.29 is 28.5 Å². The first-order chi connectivity index (χ1) is 15.4. The van der Waals surface area contributed by atoms with Gasteiger partial charge >= 0.3 is 5.97 Å². The Morgan fingerprint density at radius 3 is 2.47 bits per heavy atom. The van der Waals surface area contributed by atoms with Crippen LogP contribution >= 0.6 is 11.6 Å². The smallest absolute Gasteiger partial charge is 0.335 e. The summed E-state index contributed by atoms with van der Waals surface area (Å²) in [6.45, 7) is 2.56. The molecule has 8 heteroatoms. The largest absolute Gasteiger partial charge is 0.495 e. The van der Waals surface area contributed by atoms with E-state index in [9.17, 15) is 14.3 Å². The molecule has 0 fully saturated rings. The fourth-order valence-electron chi connectivity index (χ4n) is 3.03. The number of carboxylic acid groups (broad SMARTS) is 1. The van der Waals surface area contributed by atoms with Gasteiger partial charge in [-0.2, -0.15) is 0 Å². The molecule has 3 aromatic rings. The Labute approximate surface area is 190 Å². The summed E-state index contributed by atoms with van der Waals surface area (Å²) in [4.78, 5) is 11.3. The summed E-state index contributed by atoms with van der Waals surface area (Å²) in [5.41, 5.74) is 1.77. The van der Waals surface area contributed by atoms with Crippen LogP contribution < -0.4 is 19.5 Å². The molecule has 0 unspecified atom stereocenters. The number of halogens is 2. The van der Waals surface area contributed by atoms with Crippen molar-refractivity contribution >= 4 is 23.3 Å². The van der Waals surface area contributed by atoms with Gasteiger partial charge < -0.3 is 24.6 Å². The molecule has 0 saturated carbocycles. The van der Waals surface area contributed by atoms with Crippen molar-refractivity contribution in [2.24, 2.45) is 0 Å². The maximum atomic E-state index is 13.9. The average Bonchev–Trinajstić information content (AvgIpc) is 2.78. The number of carboxylic acids is 1. The Balaban J connectivity index is 1.81. The lowest BCUT2D eigenvalue weighted by atomic mass is 10.1. The molecule has 0 saturated heterocycles. The highest BCUT2D eigenvalue weighted by Gasteiger charge is 2.14. The van der Waals surface area contributed by atoms with Gasteiger partial charge in [-0.15, -0.1) is 0 Å². The fourth-order valence-corrected chi connectivity index (χ4v) is 3.25. The van der Waals surface area contributed by atoms with E-state index in [0.717, 1.165) is 0 Å². The van der Waals surface area contributed by atoms with E-state index < -0.39 is 5.97 Å². The van der Waals surface area contributed by atoms with Gasteiger partial charge in [-0.05, 0) is 42.8 Å². The Bertz CT molecular complexity index is 1110. The first kappa shape index (κ1) is 23.2. The topological polar surface area (TPSA) is 77.0 Å². The monoisotopic (exact) mass is 459 g/mol. The summed E-state index contributed by atoms with van der Waals surface area (Å²) in [5.74, 6) is -0.0229. The Kier molecular flexibility index (Phi) is 7.78. The van der Waals surface area contributed by atoms with Crippen LogP contribution in [0.1, 0.15) is 28.4 Å². The third-order valence-corrected chi connectivity index (χ3v) is 5.02. The molecule has 0 aliphatic carbocycles. The van der Waals surface area contributed by atoms with Gasteiger partial charge in [0.25, 0.3) is 0 Å². The SMILES string of the molecule is CCOc1cc(CNc2cc(C(=O)O)ccc2OC)c(Cl)cc1OCc1ccccc1F. The summed E-state index contributed by atoms with van der Waals surface area (Å²) >= 11 is 6.46. The predicted molar refractivity (Wildman–Crippen MR) is 121 cm³/mol. The molecule has 6 nitrogen and oxygen atoms in total. The van der Waals surface area contributed by atoms with E-state index in [1.165, 1.54) is 25.3 Å². The highest BCUT2D eigenvalue weighted by molar-refractivity contribution is 6.31. The van der Waals surface area contributed by atoms with Gasteiger partial charge in [-0.25, -0.2) is 9.18 Å². The molecule has 0 heterocycles. The highest BCUT2D eigenvalue weighted by Crippen LogP contribution is 2.35. The third-order valence-electron chi connectivity index (χ3n) is 4.67. The first-order valence-electron chi connectivity index (χ1n) is 9.89. The number of methoxy groups -OCH3 is 1. The fraction of sp³-hybridized carbons (Fsp3) is 0.208. The average molecular weight is 460 g/mol. The number of benzene rings is 3. The summed E-state index contributed by atoms with van der Waals surface area (Å²) in [7, 11) is 1.50. The Hall–Kier alpha value is -3.45. The maximum absolute atomic E-state index is 13.9. The van der Waals surface area contributed by atoms with Crippen LogP contribution in [0.5, 0.6) is 17.2 Å². The number of aromatic carboxylic acids is 1. The highest BCUT2D eigenvalue weighted by atomic mass is 35.5. The lowest BCUT2D eigenvalue weighted by Gasteiger charge is -2.17. The van der Waals surface area contributed by atoms with Crippen LogP contribution in [-0.2, 0) is 13.2 Å². The molecule has 3 rings (SSSR count). The van der Waals surface area contributed by atoms with Crippen LogP contribution in [0.15, 0.2) is 54.6 Å². The second-order valence-electron chi connectivity index (χ2n) is 6.78. The van der Waals surface area contributed by atoms with Crippen molar-refractivity contribution in [3.8, 4) is 17.2 Å². The van der Waals surface area contributed by atoms with Crippen molar-refractivity contribution in [3.05, 3.63) is 82.1 Å². The van der Waals surface area contributed by atoms with Crippen molar-refractivity contribution in [1.82, 2.24) is 0 Å². The second kappa shape index (κ2) is 10.7. The molecule has 0 bridgehead atoms. The van der Waals surface area contributed by atoms with E-state index in [1.54, 1.807) is 36.4 Å². The number of rotatable bonds is 10. The normalized spacial score (nSPS) is 10.5. The number of nitrogens with one attached hydrogen (secondary N) is 1. The minimum atomic E-state index is -1.04. The van der Waals surface area contributed by atoms with Crippen molar-refractivity contribution in [3.63, 3.8) is 0 Å². The van der Waals surface area contributed by atoms with Crippen molar-refractivity contribution in [2.75, 3.05) is 19.0 Å². The number of carbonyl (C=O) groups is 1. The minimum Gasteiger partial charge on any atom is -0.495 e. The molecule has 0 aliphatic rings. The number of hydrogen-bond acceptors (Lipinski definition) is 5. The van der Waals surface area contributed by atoms with Crippen LogP contribution in [-0.4, -0.2) is 24.8 Å². The molecular formula is C24H23ClFNO5. The summed E-state index contributed by atoms with van der Waals surface area (Å²) in [6.07, 6.45) is 0. The molecule has 0 aromatic heterocycles. The van der Waals surface area contributed by atoms with Gasteiger partial charge in [0.2, 0.25) is 0 Å². The quantitative estimate of drug-likeness (QED) is 0.400. The summed E-state index contributed by atoms with van der Waals surface area (Å²) in [5, 5.41) is 12.8. The number of hydrogen-bond donors (Lipinski definition) is 2. The lowest BCUT2D eigenvalue weighted by Crippen LogP contribution is -2.06. The molecule has 168 valence electrons. The van der Waals surface area contributed by atoms with E-state index in [2.05, 4.69) is 5.32 Å². The molecule has 0 atom stereocenters. The van der Waals surface area contributed by atoms with E-state index in [-0.39, 0.29) is 24.5 Å². The van der Waals surface area contributed by atoms with Gasteiger partial charge in [0, 0.05) is 23.2 Å². The van der Waals surface area contributed by atoms with Crippen molar-refractivity contribution in [2.45, 2.75) is 20.1 Å². The van der Waals surface area contributed by atoms with Gasteiger partial charge in [0.15, 0.2) is 11.5 Å². The molecule has 2 N–H and O–H groups in total. The maximum Gasteiger partial charge on any atom is 0.335 e. The molecule has 0 aliphatic heterocycles. The Morgan fingerprint density at radius 1 is 1.03 bits per heavy atom. The second-order valence-corrected chi connectivity index (χ2v) is 7.18. The van der Waals surface area contributed by atoms with E-state index in [4.69, 9.17) is 25.8 Å². The third kappa shape index (κ3) is 5.62. The van der Waals surface area contributed by atoms with E-state index in [1.807, 2.05) is 6.92 Å². The van der Waals surface area contributed by atoms with Crippen LogP contribution in [0, 0.1) is 5.82 Å². The molecule has 3 aromatic carbocycles. The minimum absolute atomic E-state index is 0.0276. The van der Waals surface area contributed by atoms with Gasteiger partial charge in [0.1, 0.15) is 18.2 Å². The number of anilines is 1. The number of ether oxygens (including phenoxy) is 3. The van der Waals surface area contributed by atoms with Crippen LogP contribution in [0.4, 0.5) is 10.1 Å². The zero-order chi connectivity index (χ0) is 23.1. The summed E-state index contributed by atoms with van der Waals surface area (Å²) < 4.78 is 30.7. The molecule has 0 amide bonds. The zero-order valence-electron chi connectivity index (χ0n) is 17.7. The predicted octanol–water partition coefficient (Wildman–Crippen LogP) is 5.78. The van der Waals surface area contributed by atoms with Crippen LogP contribution in [0.25, 0.3) is 0 Å². The first-order valence-corrected chi connectivity index (χ1v) is 10.3. The Morgan fingerprint density at radius 2 is 1.78 bits per heavy atom. The standard InChI is InChI=1S/C24H23ClFNO5/c1-3-31-22-11-17(13-27-20-10-15(24(28)29)8-9-21(20)30-2)18(25)12-23(22)32-14-16-6-4-5-7-19(16)26/h4-12,27H,3,13-14H2,1-2H3,(H,28,29). The molecule has 0 spiro atoms. The van der Waals surface area contributed by atoms with E-state index in [0.29, 0.717) is 45.7 Å². The zero-order valence-corrected chi connectivity index (χ0v) is 18.4.